The van der Waals surface area contributed by atoms with Crippen molar-refractivity contribution >= 4 is 32.0 Å². The lowest BCUT2D eigenvalue weighted by molar-refractivity contribution is 0.596. The van der Waals surface area contributed by atoms with Crippen molar-refractivity contribution in [2.75, 3.05) is 29.1 Å². The average Bonchev–Trinajstić information content (AvgIpc) is 2.78. The Morgan fingerprint density at radius 3 is 2.90 bits per heavy atom. The Morgan fingerprint density at radius 1 is 1.30 bits per heavy atom. The number of nitrogen functional groups attached to an aromatic ring is 1. The van der Waals surface area contributed by atoms with Gasteiger partial charge in [0, 0.05) is 41.1 Å². The van der Waals surface area contributed by atoms with Gasteiger partial charge in [0.15, 0.2) is 9.84 Å². The van der Waals surface area contributed by atoms with Crippen molar-refractivity contribution in [3.8, 4) is 0 Å². The van der Waals surface area contributed by atoms with Crippen LogP contribution in [0.5, 0.6) is 0 Å². The second-order valence-corrected chi connectivity index (χ2v) is 7.50. The van der Waals surface area contributed by atoms with Gasteiger partial charge in [-0.25, -0.2) is 8.42 Å². The summed E-state index contributed by atoms with van der Waals surface area (Å²) in [6.07, 6.45) is 4.23. The quantitative estimate of drug-likeness (QED) is 0.840. The van der Waals surface area contributed by atoms with Gasteiger partial charge in [-0.05, 0) is 30.5 Å². The molecule has 5 nitrogen and oxygen atoms in total. The number of hydrogen-bond acceptors (Lipinski definition) is 5. The third kappa shape index (κ3) is 2.56. The standard InChI is InChI=1S/C14H17N3O2S/c15-13-1-2-14(12-8-16-5-3-11(12)13)17-7-10-4-6-20(18,19)9-10/h1-3,5,8,10,17H,4,6-7,9,15H2. The number of nitrogens with two attached hydrogens (primary N) is 1. The van der Waals surface area contributed by atoms with E-state index >= 15 is 0 Å². The molecule has 1 atom stereocenters. The summed E-state index contributed by atoms with van der Waals surface area (Å²) in [5.41, 5.74) is 7.61. The lowest BCUT2D eigenvalue weighted by atomic mass is 10.1. The zero-order valence-electron chi connectivity index (χ0n) is 11.0. The zero-order chi connectivity index (χ0) is 14.2. The fourth-order valence-electron chi connectivity index (χ4n) is 2.65. The maximum absolute atomic E-state index is 11.5. The highest BCUT2D eigenvalue weighted by atomic mass is 32.2. The Hall–Kier alpha value is -1.82. The summed E-state index contributed by atoms with van der Waals surface area (Å²) in [6.45, 7) is 0.660. The molecule has 0 amide bonds. The first kappa shape index (κ1) is 13.2. The lowest BCUT2D eigenvalue weighted by Gasteiger charge is -2.13. The highest BCUT2D eigenvalue weighted by Gasteiger charge is 2.27. The molecule has 0 spiro atoms. The van der Waals surface area contributed by atoms with Crippen LogP contribution in [0.15, 0.2) is 30.6 Å². The maximum Gasteiger partial charge on any atom is 0.150 e. The molecule has 2 aromatic rings. The van der Waals surface area contributed by atoms with Gasteiger partial charge < -0.3 is 11.1 Å². The summed E-state index contributed by atoms with van der Waals surface area (Å²) in [7, 11) is -2.82. The first-order valence-corrected chi connectivity index (χ1v) is 8.44. The van der Waals surface area contributed by atoms with Crippen molar-refractivity contribution in [3.05, 3.63) is 30.6 Å². The Kier molecular flexibility index (Phi) is 3.25. The highest BCUT2D eigenvalue weighted by Crippen LogP contribution is 2.28. The van der Waals surface area contributed by atoms with Gasteiger partial charge in [0.25, 0.3) is 0 Å². The molecule has 1 aliphatic rings. The number of aromatic nitrogens is 1. The monoisotopic (exact) mass is 291 g/mol. The van der Waals surface area contributed by atoms with Crippen LogP contribution in [0.25, 0.3) is 10.8 Å². The Morgan fingerprint density at radius 2 is 2.15 bits per heavy atom. The third-order valence-corrected chi connectivity index (χ3v) is 5.60. The number of nitrogens with zero attached hydrogens (tertiary/aromatic N) is 1. The average molecular weight is 291 g/mol. The second kappa shape index (κ2) is 4.94. The minimum atomic E-state index is -2.82. The minimum absolute atomic E-state index is 0.185. The summed E-state index contributed by atoms with van der Waals surface area (Å²) >= 11 is 0. The van der Waals surface area contributed by atoms with E-state index in [0.717, 1.165) is 28.6 Å². The van der Waals surface area contributed by atoms with Crippen molar-refractivity contribution in [1.82, 2.24) is 4.98 Å². The molecule has 3 rings (SSSR count). The Labute approximate surface area is 118 Å². The number of benzene rings is 1. The molecular weight excluding hydrogens is 274 g/mol. The molecule has 0 saturated carbocycles. The molecule has 2 heterocycles. The highest BCUT2D eigenvalue weighted by molar-refractivity contribution is 7.91. The molecule has 0 bridgehead atoms. The molecule has 1 saturated heterocycles. The van der Waals surface area contributed by atoms with E-state index in [0.29, 0.717) is 12.3 Å². The third-order valence-electron chi connectivity index (χ3n) is 3.76. The van der Waals surface area contributed by atoms with Crippen molar-refractivity contribution in [2.45, 2.75) is 6.42 Å². The summed E-state index contributed by atoms with van der Waals surface area (Å²) in [6, 6.07) is 5.66. The normalized spacial score (nSPS) is 21.1. The first-order chi connectivity index (χ1) is 9.55. The van der Waals surface area contributed by atoms with E-state index in [2.05, 4.69) is 10.3 Å². The molecule has 1 aromatic heterocycles. The van der Waals surface area contributed by atoms with Gasteiger partial charge in [0.05, 0.1) is 11.5 Å². The smallest absolute Gasteiger partial charge is 0.150 e. The number of hydrogen-bond donors (Lipinski definition) is 2. The summed E-state index contributed by atoms with van der Waals surface area (Å²) in [4.78, 5) is 4.13. The van der Waals surface area contributed by atoms with Gasteiger partial charge in [-0.1, -0.05) is 0 Å². The van der Waals surface area contributed by atoms with E-state index in [1.807, 2.05) is 18.2 Å². The number of fused-ring (bicyclic) bond motifs is 1. The molecule has 3 N–H and O–H groups in total. The van der Waals surface area contributed by atoms with E-state index in [1.165, 1.54) is 0 Å². The van der Waals surface area contributed by atoms with Crippen LogP contribution in [0.3, 0.4) is 0 Å². The number of anilines is 2. The second-order valence-electron chi connectivity index (χ2n) is 5.27. The van der Waals surface area contributed by atoms with Crippen molar-refractivity contribution in [2.24, 2.45) is 5.92 Å². The van der Waals surface area contributed by atoms with E-state index in [9.17, 15) is 8.42 Å². The maximum atomic E-state index is 11.5. The van der Waals surface area contributed by atoms with Crippen LogP contribution in [-0.4, -0.2) is 31.5 Å². The molecule has 1 aromatic carbocycles. The predicted molar refractivity (Wildman–Crippen MR) is 81.4 cm³/mol. The minimum Gasteiger partial charge on any atom is -0.398 e. The van der Waals surface area contributed by atoms with Crippen LogP contribution >= 0.6 is 0 Å². The molecule has 106 valence electrons. The van der Waals surface area contributed by atoms with Gasteiger partial charge in [-0.15, -0.1) is 0 Å². The van der Waals surface area contributed by atoms with Crippen LogP contribution in [-0.2, 0) is 9.84 Å². The van der Waals surface area contributed by atoms with E-state index in [4.69, 9.17) is 5.73 Å². The SMILES string of the molecule is Nc1ccc(NCC2CCS(=O)(=O)C2)c2cnccc12. The molecule has 6 heteroatoms. The van der Waals surface area contributed by atoms with Crippen molar-refractivity contribution in [3.63, 3.8) is 0 Å². The van der Waals surface area contributed by atoms with Crippen LogP contribution in [0.1, 0.15) is 6.42 Å². The van der Waals surface area contributed by atoms with Gasteiger partial charge in [0.2, 0.25) is 0 Å². The first-order valence-electron chi connectivity index (χ1n) is 6.62. The van der Waals surface area contributed by atoms with Gasteiger partial charge >= 0.3 is 0 Å². The lowest BCUT2D eigenvalue weighted by Crippen LogP contribution is -2.15. The Balaban J connectivity index is 1.80. The summed E-state index contributed by atoms with van der Waals surface area (Å²) in [5, 5.41) is 5.26. The van der Waals surface area contributed by atoms with Gasteiger partial charge in [0.1, 0.15) is 0 Å². The summed E-state index contributed by atoms with van der Waals surface area (Å²) in [5.74, 6) is 0.776. The van der Waals surface area contributed by atoms with E-state index in [1.54, 1.807) is 12.4 Å². The van der Waals surface area contributed by atoms with Crippen LogP contribution in [0, 0.1) is 5.92 Å². The zero-order valence-corrected chi connectivity index (χ0v) is 11.9. The van der Waals surface area contributed by atoms with Crippen molar-refractivity contribution in [1.29, 1.82) is 0 Å². The number of nitrogens with one attached hydrogen (secondary N) is 1. The largest absolute Gasteiger partial charge is 0.398 e. The fourth-order valence-corrected chi connectivity index (χ4v) is 4.52. The van der Waals surface area contributed by atoms with Gasteiger partial charge in [-0.3, -0.25) is 4.98 Å². The molecule has 1 aliphatic heterocycles. The number of pyridine rings is 1. The van der Waals surface area contributed by atoms with Crippen molar-refractivity contribution < 1.29 is 8.42 Å². The number of rotatable bonds is 3. The van der Waals surface area contributed by atoms with Crippen LogP contribution in [0.2, 0.25) is 0 Å². The number of sulfone groups is 1. The topological polar surface area (TPSA) is 85.1 Å². The predicted octanol–water partition coefficient (Wildman–Crippen LogP) is 1.66. The van der Waals surface area contributed by atoms with Gasteiger partial charge in [-0.2, -0.15) is 0 Å². The molecular formula is C14H17N3O2S. The van der Waals surface area contributed by atoms with E-state index in [-0.39, 0.29) is 11.7 Å². The van der Waals surface area contributed by atoms with E-state index < -0.39 is 9.84 Å². The molecule has 0 radical (unpaired) electrons. The fraction of sp³-hybridized carbons (Fsp3) is 0.357. The Bertz CT molecular complexity index is 743. The molecule has 1 unspecified atom stereocenters. The molecule has 20 heavy (non-hydrogen) atoms. The van der Waals surface area contributed by atoms with Crippen LogP contribution < -0.4 is 11.1 Å². The molecule has 1 fully saturated rings. The summed E-state index contributed by atoms with van der Waals surface area (Å²) < 4.78 is 22.9. The molecule has 0 aliphatic carbocycles. The van der Waals surface area contributed by atoms with Crippen LogP contribution in [0.4, 0.5) is 11.4 Å².